The minimum atomic E-state index is -0.748. The van der Waals surface area contributed by atoms with E-state index >= 15 is 0 Å². The van der Waals surface area contributed by atoms with Crippen molar-refractivity contribution in [3.63, 3.8) is 0 Å². The molecule has 14 heavy (non-hydrogen) atoms. The highest BCUT2D eigenvalue weighted by Crippen LogP contribution is 2.06. The monoisotopic (exact) mass is 204 g/mol. The highest BCUT2D eigenvalue weighted by molar-refractivity contribution is 5.68. The van der Waals surface area contributed by atoms with Crippen molar-refractivity contribution in [1.82, 2.24) is 5.32 Å². The standard InChI is InChI=1S/C9H20N2O3/c1-6(7(12)5-10)11-8(13)14-9(2,3)4/h6-7,12H,5,10H2,1-4H3,(H,11,13)/t6?,7-/m0/s1. The maximum atomic E-state index is 11.2. The molecule has 0 aliphatic rings. The Bertz CT molecular complexity index is 189. The molecule has 5 heteroatoms. The van der Waals surface area contributed by atoms with Crippen LogP contribution in [0.2, 0.25) is 0 Å². The number of hydrogen-bond donors (Lipinski definition) is 3. The number of alkyl carbamates (subject to hydrolysis) is 1. The van der Waals surface area contributed by atoms with Crippen molar-refractivity contribution in [2.24, 2.45) is 5.73 Å². The zero-order chi connectivity index (χ0) is 11.4. The lowest BCUT2D eigenvalue weighted by molar-refractivity contribution is 0.0443. The van der Waals surface area contributed by atoms with Gasteiger partial charge < -0.3 is 20.9 Å². The molecule has 0 aromatic heterocycles. The molecular weight excluding hydrogens is 184 g/mol. The van der Waals surface area contributed by atoms with Crippen LogP contribution in [0.25, 0.3) is 0 Å². The van der Waals surface area contributed by atoms with Crippen LogP contribution >= 0.6 is 0 Å². The van der Waals surface area contributed by atoms with Crippen LogP contribution in [-0.2, 0) is 4.74 Å². The summed E-state index contributed by atoms with van der Waals surface area (Å²) in [5.74, 6) is 0. The summed E-state index contributed by atoms with van der Waals surface area (Å²) in [5, 5.41) is 11.8. The lowest BCUT2D eigenvalue weighted by atomic mass is 10.2. The number of nitrogens with one attached hydrogen (secondary N) is 1. The van der Waals surface area contributed by atoms with E-state index in [0.717, 1.165) is 0 Å². The Balaban J connectivity index is 3.95. The Morgan fingerprint density at radius 1 is 1.57 bits per heavy atom. The SMILES string of the molecule is CC(NC(=O)OC(C)(C)C)[C@@H](O)CN. The molecule has 0 aliphatic carbocycles. The smallest absolute Gasteiger partial charge is 0.407 e. The average molecular weight is 204 g/mol. The van der Waals surface area contributed by atoms with Gasteiger partial charge in [-0.25, -0.2) is 4.79 Å². The maximum absolute atomic E-state index is 11.2. The van der Waals surface area contributed by atoms with Gasteiger partial charge in [0.2, 0.25) is 0 Å². The number of aliphatic hydroxyl groups is 1. The molecule has 2 atom stereocenters. The maximum Gasteiger partial charge on any atom is 0.407 e. The summed E-state index contributed by atoms with van der Waals surface area (Å²) in [7, 11) is 0. The Hall–Kier alpha value is -0.810. The molecule has 84 valence electrons. The molecule has 5 nitrogen and oxygen atoms in total. The minimum absolute atomic E-state index is 0.108. The van der Waals surface area contributed by atoms with Crippen molar-refractivity contribution in [3.05, 3.63) is 0 Å². The molecular formula is C9H20N2O3. The largest absolute Gasteiger partial charge is 0.444 e. The molecule has 0 saturated heterocycles. The third kappa shape index (κ3) is 5.77. The van der Waals surface area contributed by atoms with Crippen molar-refractivity contribution < 1.29 is 14.6 Å². The molecule has 1 unspecified atom stereocenters. The zero-order valence-electron chi connectivity index (χ0n) is 9.20. The Morgan fingerprint density at radius 3 is 2.43 bits per heavy atom. The lowest BCUT2D eigenvalue weighted by Crippen LogP contribution is -2.46. The van der Waals surface area contributed by atoms with Gasteiger partial charge in [0.25, 0.3) is 0 Å². The number of amides is 1. The van der Waals surface area contributed by atoms with Crippen LogP contribution < -0.4 is 11.1 Å². The van der Waals surface area contributed by atoms with Crippen LogP contribution in [0.3, 0.4) is 0 Å². The van der Waals surface area contributed by atoms with Gasteiger partial charge in [-0.3, -0.25) is 0 Å². The second-order valence-corrected chi connectivity index (χ2v) is 4.24. The number of ether oxygens (including phenoxy) is 1. The fourth-order valence-corrected chi connectivity index (χ4v) is 0.794. The van der Waals surface area contributed by atoms with E-state index in [1.807, 2.05) is 0 Å². The first-order valence-corrected chi connectivity index (χ1v) is 4.64. The van der Waals surface area contributed by atoms with Gasteiger partial charge in [-0.2, -0.15) is 0 Å². The number of carbonyl (C=O) groups excluding carboxylic acids is 1. The van der Waals surface area contributed by atoms with Gasteiger partial charge in [-0.15, -0.1) is 0 Å². The fourth-order valence-electron chi connectivity index (χ4n) is 0.794. The van der Waals surface area contributed by atoms with Crippen LogP contribution in [0.4, 0.5) is 4.79 Å². The molecule has 4 N–H and O–H groups in total. The lowest BCUT2D eigenvalue weighted by Gasteiger charge is -2.23. The molecule has 0 spiro atoms. The van der Waals surface area contributed by atoms with E-state index in [1.54, 1.807) is 27.7 Å². The Morgan fingerprint density at radius 2 is 2.07 bits per heavy atom. The third-order valence-corrected chi connectivity index (χ3v) is 1.56. The van der Waals surface area contributed by atoms with E-state index in [0.29, 0.717) is 0 Å². The summed E-state index contributed by atoms with van der Waals surface area (Å²) in [6.45, 7) is 7.10. The van der Waals surface area contributed by atoms with Gasteiger partial charge in [0.1, 0.15) is 5.60 Å². The van der Waals surface area contributed by atoms with Crippen LogP contribution in [0.1, 0.15) is 27.7 Å². The van der Waals surface area contributed by atoms with Crippen LogP contribution in [0.5, 0.6) is 0 Å². The Kier molecular flexibility index (Phi) is 4.87. The number of rotatable bonds is 3. The van der Waals surface area contributed by atoms with E-state index in [4.69, 9.17) is 10.5 Å². The highest BCUT2D eigenvalue weighted by Gasteiger charge is 2.20. The number of carbonyl (C=O) groups is 1. The molecule has 0 saturated carbocycles. The first kappa shape index (κ1) is 13.2. The summed E-state index contributed by atoms with van der Waals surface area (Å²) in [6.07, 6.45) is -1.29. The second kappa shape index (κ2) is 5.17. The van der Waals surface area contributed by atoms with E-state index in [1.165, 1.54) is 0 Å². The van der Waals surface area contributed by atoms with Crippen molar-refractivity contribution in [1.29, 1.82) is 0 Å². The molecule has 0 aromatic carbocycles. The second-order valence-electron chi connectivity index (χ2n) is 4.24. The molecule has 0 aromatic rings. The van der Waals surface area contributed by atoms with Gasteiger partial charge >= 0.3 is 6.09 Å². The zero-order valence-corrected chi connectivity index (χ0v) is 9.20. The topological polar surface area (TPSA) is 84.6 Å². The summed E-state index contributed by atoms with van der Waals surface area (Å²) in [6, 6.07) is -0.408. The summed E-state index contributed by atoms with van der Waals surface area (Å²) >= 11 is 0. The Labute approximate surface area is 84.6 Å². The summed E-state index contributed by atoms with van der Waals surface area (Å²) in [5.41, 5.74) is 4.70. The number of hydrogen-bond acceptors (Lipinski definition) is 4. The molecule has 0 aliphatic heterocycles. The molecule has 0 rings (SSSR count). The van der Waals surface area contributed by atoms with Gasteiger partial charge in [-0.1, -0.05) is 0 Å². The molecule has 0 heterocycles. The molecule has 0 bridgehead atoms. The summed E-state index contributed by atoms with van der Waals surface area (Å²) in [4.78, 5) is 11.2. The predicted molar refractivity (Wildman–Crippen MR) is 53.9 cm³/mol. The first-order valence-electron chi connectivity index (χ1n) is 4.64. The molecule has 0 fully saturated rings. The van der Waals surface area contributed by atoms with E-state index < -0.39 is 23.8 Å². The van der Waals surface area contributed by atoms with Crippen molar-refractivity contribution in [3.8, 4) is 0 Å². The average Bonchev–Trinajstić information content (AvgIpc) is 1.99. The van der Waals surface area contributed by atoms with Gasteiger partial charge in [0.05, 0.1) is 12.1 Å². The third-order valence-electron chi connectivity index (χ3n) is 1.56. The first-order chi connectivity index (χ1) is 6.26. The number of aliphatic hydroxyl groups excluding tert-OH is 1. The van der Waals surface area contributed by atoms with E-state index in [2.05, 4.69) is 5.32 Å². The molecule has 0 radical (unpaired) electrons. The quantitative estimate of drug-likeness (QED) is 0.614. The highest BCUT2D eigenvalue weighted by atomic mass is 16.6. The van der Waals surface area contributed by atoms with Crippen LogP contribution in [-0.4, -0.2) is 35.5 Å². The van der Waals surface area contributed by atoms with Crippen LogP contribution in [0, 0.1) is 0 Å². The van der Waals surface area contributed by atoms with Crippen molar-refractivity contribution in [2.45, 2.75) is 45.4 Å². The minimum Gasteiger partial charge on any atom is -0.444 e. The van der Waals surface area contributed by atoms with Gasteiger partial charge in [-0.05, 0) is 27.7 Å². The fraction of sp³-hybridized carbons (Fsp3) is 0.889. The van der Waals surface area contributed by atoms with E-state index in [9.17, 15) is 9.90 Å². The summed E-state index contributed by atoms with van der Waals surface area (Å²) < 4.78 is 5.00. The number of nitrogens with two attached hydrogens (primary N) is 1. The van der Waals surface area contributed by atoms with Crippen molar-refractivity contribution in [2.75, 3.05) is 6.54 Å². The van der Waals surface area contributed by atoms with Crippen LogP contribution in [0.15, 0.2) is 0 Å². The predicted octanol–water partition coefficient (Wildman–Crippen LogP) is 0.219. The van der Waals surface area contributed by atoms with E-state index in [-0.39, 0.29) is 6.54 Å². The molecule has 1 amide bonds. The van der Waals surface area contributed by atoms with Gasteiger partial charge in [0.15, 0.2) is 0 Å². The van der Waals surface area contributed by atoms with Crippen molar-refractivity contribution >= 4 is 6.09 Å². The van der Waals surface area contributed by atoms with Gasteiger partial charge in [0, 0.05) is 6.54 Å². The normalized spacial score (nSPS) is 15.9.